The quantitative estimate of drug-likeness (QED) is 0.628. The average molecular weight is 256 g/mol. The van der Waals surface area contributed by atoms with Gasteiger partial charge in [0.15, 0.2) is 0 Å². The van der Waals surface area contributed by atoms with Crippen LogP contribution in [0.2, 0.25) is 5.02 Å². The summed E-state index contributed by atoms with van der Waals surface area (Å²) in [5.41, 5.74) is 0.316. The SMILES string of the molecule is C=CCCCC(C)Nc1cnn(C)c(=O)c1Cl. The summed E-state index contributed by atoms with van der Waals surface area (Å²) >= 11 is 5.95. The molecule has 0 saturated carbocycles. The van der Waals surface area contributed by atoms with Gasteiger partial charge in [0, 0.05) is 13.1 Å². The highest BCUT2D eigenvalue weighted by Gasteiger charge is 2.09. The molecule has 1 aromatic rings. The van der Waals surface area contributed by atoms with E-state index in [2.05, 4.69) is 23.9 Å². The highest BCUT2D eigenvalue weighted by molar-refractivity contribution is 6.32. The summed E-state index contributed by atoms with van der Waals surface area (Å²) in [4.78, 5) is 11.5. The Kier molecular flexibility index (Phi) is 5.22. The lowest BCUT2D eigenvalue weighted by Gasteiger charge is -2.15. The molecule has 1 rings (SSSR count). The van der Waals surface area contributed by atoms with Crippen molar-refractivity contribution in [3.63, 3.8) is 0 Å². The van der Waals surface area contributed by atoms with E-state index in [1.807, 2.05) is 6.08 Å². The zero-order chi connectivity index (χ0) is 12.8. The van der Waals surface area contributed by atoms with Crippen LogP contribution in [-0.4, -0.2) is 15.8 Å². The fourth-order valence-electron chi connectivity index (χ4n) is 1.52. The van der Waals surface area contributed by atoms with E-state index in [-0.39, 0.29) is 16.6 Å². The first-order chi connectivity index (χ1) is 8.06. The van der Waals surface area contributed by atoms with Crippen LogP contribution in [0.4, 0.5) is 5.69 Å². The Bertz CT molecular complexity index is 442. The molecule has 5 heteroatoms. The molecule has 0 aromatic carbocycles. The van der Waals surface area contributed by atoms with E-state index in [9.17, 15) is 4.79 Å². The van der Waals surface area contributed by atoms with Gasteiger partial charge in [0.2, 0.25) is 0 Å². The zero-order valence-electron chi connectivity index (χ0n) is 10.2. The number of hydrogen-bond acceptors (Lipinski definition) is 3. The molecule has 0 fully saturated rings. The van der Waals surface area contributed by atoms with Gasteiger partial charge in [-0.1, -0.05) is 17.7 Å². The second-order valence-electron chi connectivity index (χ2n) is 4.07. The normalized spacial score (nSPS) is 12.2. The third kappa shape index (κ3) is 3.89. The van der Waals surface area contributed by atoms with E-state index in [4.69, 9.17) is 11.6 Å². The summed E-state index contributed by atoms with van der Waals surface area (Å²) in [5.74, 6) is 0. The molecule has 17 heavy (non-hydrogen) atoms. The second-order valence-corrected chi connectivity index (χ2v) is 4.44. The van der Waals surface area contributed by atoms with Gasteiger partial charge in [-0.2, -0.15) is 5.10 Å². The van der Waals surface area contributed by atoms with Gasteiger partial charge in [-0.3, -0.25) is 4.79 Å². The lowest BCUT2D eigenvalue weighted by molar-refractivity contribution is 0.658. The van der Waals surface area contributed by atoms with Gasteiger partial charge < -0.3 is 5.32 Å². The van der Waals surface area contributed by atoms with Crippen LogP contribution in [-0.2, 0) is 7.05 Å². The summed E-state index contributed by atoms with van der Waals surface area (Å²) in [6.07, 6.45) is 6.53. The Labute approximate surface area is 106 Å². The van der Waals surface area contributed by atoms with Gasteiger partial charge in [0.1, 0.15) is 5.02 Å². The van der Waals surface area contributed by atoms with Crippen molar-refractivity contribution < 1.29 is 0 Å². The number of hydrogen-bond donors (Lipinski definition) is 1. The zero-order valence-corrected chi connectivity index (χ0v) is 11.0. The molecular formula is C12H18ClN3O. The summed E-state index contributed by atoms with van der Waals surface area (Å²) in [5, 5.41) is 7.32. The second kappa shape index (κ2) is 6.45. The molecule has 0 saturated heterocycles. The van der Waals surface area contributed by atoms with Crippen LogP contribution in [0.25, 0.3) is 0 Å². The largest absolute Gasteiger partial charge is 0.380 e. The van der Waals surface area contributed by atoms with Crippen LogP contribution in [0, 0.1) is 0 Å². The van der Waals surface area contributed by atoms with Crippen LogP contribution in [0.1, 0.15) is 26.2 Å². The summed E-state index contributed by atoms with van der Waals surface area (Å²) in [6.45, 7) is 5.73. The van der Waals surface area contributed by atoms with Gasteiger partial charge >= 0.3 is 0 Å². The van der Waals surface area contributed by atoms with Crippen molar-refractivity contribution in [1.82, 2.24) is 9.78 Å². The molecule has 4 nitrogen and oxygen atoms in total. The van der Waals surface area contributed by atoms with Crippen molar-refractivity contribution in [2.45, 2.75) is 32.2 Å². The van der Waals surface area contributed by atoms with Crippen molar-refractivity contribution in [2.24, 2.45) is 7.05 Å². The van der Waals surface area contributed by atoms with Crippen molar-refractivity contribution >= 4 is 17.3 Å². The molecule has 0 aliphatic rings. The molecular weight excluding hydrogens is 238 g/mol. The number of aryl methyl sites for hydroxylation is 1. The Morgan fingerprint density at radius 1 is 1.71 bits per heavy atom. The van der Waals surface area contributed by atoms with Crippen LogP contribution >= 0.6 is 11.6 Å². The standard InChI is InChI=1S/C12H18ClN3O/c1-4-5-6-7-9(2)15-10-8-14-16(3)12(17)11(10)13/h4,8-9,15H,1,5-7H2,2-3H3. The van der Waals surface area contributed by atoms with E-state index in [0.717, 1.165) is 19.3 Å². The van der Waals surface area contributed by atoms with E-state index in [1.165, 1.54) is 4.68 Å². The Hall–Kier alpha value is -1.29. The number of allylic oxidation sites excluding steroid dienone is 1. The van der Waals surface area contributed by atoms with Gasteiger partial charge in [-0.25, -0.2) is 4.68 Å². The van der Waals surface area contributed by atoms with Crippen molar-refractivity contribution in [1.29, 1.82) is 0 Å². The molecule has 1 aromatic heterocycles. The molecule has 1 N–H and O–H groups in total. The van der Waals surface area contributed by atoms with Gasteiger partial charge in [0.05, 0.1) is 11.9 Å². The number of anilines is 1. The number of nitrogens with one attached hydrogen (secondary N) is 1. The summed E-state index contributed by atoms with van der Waals surface area (Å²) in [6, 6.07) is 0.251. The Balaban J connectivity index is 2.65. The van der Waals surface area contributed by atoms with Gasteiger partial charge in [-0.05, 0) is 26.2 Å². The van der Waals surface area contributed by atoms with E-state index in [1.54, 1.807) is 13.2 Å². The number of halogens is 1. The lowest BCUT2D eigenvalue weighted by Crippen LogP contribution is -2.23. The van der Waals surface area contributed by atoms with E-state index < -0.39 is 0 Å². The van der Waals surface area contributed by atoms with Crippen LogP contribution < -0.4 is 10.9 Å². The first-order valence-corrected chi connectivity index (χ1v) is 6.03. The highest BCUT2D eigenvalue weighted by Crippen LogP contribution is 2.17. The average Bonchev–Trinajstić information content (AvgIpc) is 2.30. The molecule has 1 unspecified atom stereocenters. The highest BCUT2D eigenvalue weighted by atomic mass is 35.5. The third-order valence-corrected chi connectivity index (χ3v) is 2.89. The smallest absolute Gasteiger partial charge is 0.287 e. The molecule has 0 aliphatic carbocycles. The molecule has 0 bridgehead atoms. The van der Waals surface area contributed by atoms with Crippen LogP contribution in [0.15, 0.2) is 23.6 Å². The maximum Gasteiger partial charge on any atom is 0.287 e. The van der Waals surface area contributed by atoms with Gasteiger partial charge in [-0.15, -0.1) is 6.58 Å². The van der Waals surface area contributed by atoms with Crippen molar-refractivity contribution in [3.05, 3.63) is 34.2 Å². The molecule has 0 spiro atoms. The van der Waals surface area contributed by atoms with E-state index in [0.29, 0.717) is 5.69 Å². The topological polar surface area (TPSA) is 46.9 Å². The molecule has 0 radical (unpaired) electrons. The first-order valence-electron chi connectivity index (χ1n) is 5.65. The maximum absolute atomic E-state index is 11.5. The van der Waals surface area contributed by atoms with Crippen molar-refractivity contribution in [2.75, 3.05) is 5.32 Å². The van der Waals surface area contributed by atoms with Crippen molar-refractivity contribution in [3.8, 4) is 0 Å². The van der Waals surface area contributed by atoms with Crippen LogP contribution in [0.5, 0.6) is 0 Å². The minimum Gasteiger partial charge on any atom is -0.380 e. The van der Waals surface area contributed by atoms with Crippen LogP contribution in [0.3, 0.4) is 0 Å². The molecule has 0 aliphatic heterocycles. The molecule has 1 heterocycles. The predicted octanol–water partition coefficient (Wildman–Crippen LogP) is 2.59. The molecule has 0 amide bonds. The summed E-state index contributed by atoms with van der Waals surface area (Å²) in [7, 11) is 1.57. The number of nitrogens with zero attached hydrogens (tertiary/aromatic N) is 2. The fourth-order valence-corrected chi connectivity index (χ4v) is 1.74. The van der Waals surface area contributed by atoms with Gasteiger partial charge in [0.25, 0.3) is 5.56 Å². The number of rotatable bonds is 6. The first kappa shape index (κ1) is 13.8. The predicted molar refractivity (Wildman–Crippen MR) is 71.6 cm³/mol. The minimum absolute atomic E-state index is 0.193. The summed E-state index contributed by atoms with van der Waals surface area (Å²) < 4.78 is 1.22. The number of aromatic nitrogens is 2. The Morgan fingerprint density at radius 3 is 3.06 bits per heavy atom. The minimum atomic E-state index is -0.282. The maximum atomic E-state index is 11.5. The number of unbranched alkanes of at least 4 members (excludes halogenated alkanes) is 1. The lowest BCUT2D eigenvalue weighted by atomic mass is 10.1. The monoisotopic (exact) mass is 255 g/mol. The molecule has 1 atom stereocenters. The van der Waals surface area contributed by atoms with E-state index >= 15 is 0 Å². The Morgan fingerprint density at radius 2 is 2.41 bits per heavy atom. The fraction of sp³-hybridized carbons (Fsp3) is 0.500. The molecule has 94 valence electrons. The third-order valence-electron chi connectivity index (χ3n) is 2.53.